The van der Waals surface area contributed by atoms with Crippen molar-refractivity contribution >= 4 is 57.4 Å². The van der Waals surface area contributed by atoms with Crippen LogP contribution in [0.4, 0.5) is 4.79 Å². The van der Waals surface area contributed by atoms with Gasteiger partial charge in [-0.15, -0.1) is 11.8 Å². The minimum absolute atomic E-state index is 0.116. The van der Waals surface area contributed by atoms with Crippen LogP contribution in [0.5, 0.6) is 0 Å². The number of nitrogens with one attached hydrogen (secondary N) is 1. The molecule has 0 unspecified atom stereocenters. The molecule has 1 aliphatic heterocycles. The maximum atomic E-state index is 12.6. The fraction of sp³-hybridized carbons (Fsp3) is 0.192. The summed E-state index contributed by atoms with van der Waals surface area (Å²) in [5.74, 6) is -0.144. The van der Waals surface area contributed by atoms with E-state index in [4.69, 9.17) is 0 Å². The van der Waals surface area contributed by atoms with Gasteiger partial charge in [0.05, 0.1) is 10.7 Å². The summed E-state index contributed by atoms with van der Waals surface area (Å²) < 4.78 is 0. The Labute approximate surface area is 200 Å². The highest BCUT2D eigenvalue weighted by Crippen LogP contribution is 2.36. The number of thioether (sulfide) groups is 2. The molecule has 3 amide bonds. The van der Waals surface area contributed by atoms with E-state index in [0.717, 1.165) is 35.1 Å². The number of hydrogen-bond donors (Lipinski definition) is 1. The van der Waals surface area contributed by atoms with E-state index in [9.17, 15) is 14.4 Å². The molecule has 1 saturated heterocycles. The van der Waals surface area contributed by atoms with E-state index in [1.165, 1.54) is 38.6 Å². The van der Waals surface area contributed by atoms with Crippen molar-refractivity contribution < 1.29 is 14.4 Å². The van der Waals surface area contributed by atoms with Gasteiger partial charge in [-0.25, -0.2) is 0 Å². The van der Waals surface area contributed by atoms with Crippen LogP contribution in [0.2, 0.25) is 0 Å². The fourth-order valence-corrected chi connectivity index (χ4v) is 5.98. The zero-order valence-electron chi connectivity index (χ0n) is 17.9. The van der Waals surface area contributed by atoms with Gasteiger partial charge in [-0.05, 0) is 64.2 Å². The van der Waals surface area contributed by atoms with E-state index in [0.29, 0.717) is 4.91 Å². The van der Waals surface area contributed by atoms with Crippen LogP contribution >= 0.6 is 23.5 Å². The first-order valence-corrected chi connectivity index (χ1v) is 12.6. The van der Waals surface area contributed by atoms with Gasteiger partial charge >= 0.3 is 0 Å². The molecule has 0 spiro atoms. The van der Waals surface area contributed by atoms with Crippen molar-refractivity contribution in [3.8, 4) is 0 Å². The lowest BCUT2D eigenvalue weighted by molar-refractivity contribution is -0.123. The average Bonchev–Trinajstić information content (AvgIpc) is 3.36. The molecule has 1 heterocycles. The van der Waals surface area contributed by atoms with Crippen LogP contribution in [0.15, 0.2) is 70.5 Å². The van der Waals surface area contributed by atoms with Gasteiger partial charge in [0.1, 0.15) is 0 Å². The summed E-state index contributed by atoms with van der Waals surface area (Å²) in [4.78, 5) is 40.0. The molecule has 1 fully saturated rings. The number of nitrogens with zero attached hydrogens (tertiary/aromatic N) is 1. The number of rotatable bonds is 7. The predicted molar refractivity (Wildman–Crippen MR) is 134 cm³/mol. The lowest BCUT2D eigenvalue weighted by Crippen LogP contribution is -2.37. The van der Waals surface area contributed by atoms with E-state index >= 15 is 0 Å². The van der Waals surface area contributed by atoms with Crippen LogP contribution in [0.1, 0.15) is 16.7 Å². The molecule has 1 aliphatic carbocycles. The molecule has 0 radical (unpaired) electrons. The Kier molecular flexibility index (Phi) is 6.24. The first-order valence-electron chi connectivity index (χ1n) is 10.8. The Morgan fingerprint density at radius 3 is 2.61 bits per heavy atom. The topological polar surface area (TPSA) is 66.5 Å². The quantitative estimate of drug-likeness (QED) is 0.390. The molecule has 7 heteroatoms. The zero-order valence-corrected chi connectivity index (χ0v) is 19.5. The summed E-state index contributed by atoms with van der Waals surface area (Å²) in [7, 11) is 0. The molecular weight excluding hydrogens is 452 g/mol. The predicted octanol–water partition coefficient (Wildman–Crippen LogP) is 4.88. The Bertz CT molecular complexity index is 1280. The molecule has 0 aromatic heterocycles. The number of benzene rings is 3. The van der Waals surface area contributed by atoms with Crippen molar-refractivity contribution in [2.45, 2.75) is 17.7 Å². The molecule has 33 heavy (non-hydrogen) atoms. The maximum absolute atomic E-state index is 12.6. The average molecular weight is 475 g/mol. The van der Waals surface area contributed by atoms with Gasteiger partial charge in [0.25, 0.3) is 11.1 Å². The Morgan fingerprint density at radius 2 is 1.79 bits per heavy atom. The fourth-order valence-electron chi connectivity index (χ4n) is 4.24. The number of imide groups is 1. The van der Waals surface area contributed by atoms with Crippen LogP contribution in [-0.2, 0) is 22.4 Å². The number of carbonyl (C=O) groups excluding carboxylic acids is 3. The Morgan fingerprint density at radius 1 is 1.00 bits per heavy atom. The SMILES string of the molecule is O=C(CSc1ccc2c3c(cccc13)CC2)NCCN1C(=O)S/C(=C/c2ccccc2)C1=O. The summed E-state index contributed by atoms with van der Waals surface area (Å²) in [6.07, 6.45) is 3.88. The van der Waals surface area contributed by atoms with E-state index in [2.05, 4.69) is 35.6 Å². The van der Waals surface area contributed by atoms with E-state index in [1.54, 1.807) is 6.08 Å². The van der Waals surface area contributed by atoms with Gasteiger partial charge in [-0.1, -0.05) is 54.6 Å². The third-order valence-corrected chi connectivity index (χ3v) is 7.81. The zero-order chi connectivity index (χ0) is 22.8. The van der Waals surface area contributed by atoms with Gasteiger partial charge in [-0.3, -0.25) is 19.3 Å². The van der Waals surface area contributed by atoms with E-state index in [-0.39, 0.29) is 35.9 Å². The number of amides is 3. The van der Waals surface area contributed by atoms with Gasteiger partial charge in [-0.2, -0.15) is 0 Å². The summed E-state index contributed by atoms with van der Waals surface area (Å²) in [5, 5.41) is 5.08. The van der Waals surface area contributed by atoms with Crippen LogP contribution in [-0.4, -0.2) is 40.8 Å². The smallest absolute Gasteiger partial charge is 0.293 e. The minimum atomic E-state index is -0.314. The van der Waals surface area contributed by atoms with Crippen LogP contribution in [0.25, 0.3) is 16.8 Å². The van der Waals surface area contributed by atoms with Crippen molar-refractivity contribution in [3.63, 3.8) is 0 Å². The molecule has 1 N–H and O–H groups in total. The van der Waals surface area contributed by atoms with Gasteiger partial charge < -0.3 is 5.32 Å². The Hall–Kier alpha value is -3.03. The second kappa shape index (κ2) is 9.45. The molecule has 5 rings (SSSR count). The summed E-state index contributed by atoms with van der Waals surface area (Å²) in [6.45, 7) is 0.397. The third kappa shape index (κ3) is 4.56. The number of carbonyl (C=O) groups is 3. The second-order valence-corrected chi connectivity index (χ2v) is 9.96. The first-order chi connectivity index (χ1) is 16.1. The molecule has 3 aromatic carbocycles. The molecule has 0 bridgehead atoms. The van der Waals surface area contributed by atoms with Gasteiger partial charge in [0.2, 0.25) is 5.91 Å². The van der Waals surface area contributed by atoms with Crippen molar-refractivity contribution in [1.82, 2.24) is 10.2 Å². The first kappa shape index (κ1) is 21.8. The molecule has 0 saturated carbocycles. The maximum Gasteiger partial charge on any atom is 0.293 e. The largest absolute Gasteiger partial charge is 0.354 e. The van der Waals surface area contributed by atoms with E-state index < -0.39 is 0 Å². The molecule has 5 nitrogen and oxygen atoms in total. The second-order valence-electron chi connectivity index (χ2n) is 7.95. The monoisotopic (exact) mass is 474 g/mol. The lowest BCUT2D eigenvalue weighted by atomic mass is 10.1. The van der Waals surface area contributed by atoms with Gasteiger partial charge in [0, 0.05) is 18.0 Å². The van der Waals surface area contributed by atoms with Crippen LogP contribution in [0, 0.1) is 0 Å². The van der Waals surface area contributed by atoms with Gasteiger partial charge in [0.15, 0.2) is 0 Å². The molecule has 3 aromatic rings. The minimum Gasteiger partial charge on any atom is -0.354 e. The standard InChI is InChI=1S/C26H22N2O3S2/c29-23(16-32-21-12-11-19-10-9-18-7-4-8-20(21)24(18)19)27-13-14-28-25(30)22(33-26(28)31)15-17-5-2-1-3-6-17/h1-8,11-12,15H,9-10,13-14,16H2,(H,27,29)/b22-15+. The lowest BCUT2D eigenvalue weighted by Gasteiger charge is -2.13. The third-order valence-electron chi connectivity index (χ3n) is 5.82. The number of hydrogen-bond acceptors (Lipinski definition) is 5. The van der Waals surface area contributed by atoms with Crippen molar-refractivity contribution in [3.05, 3.63) is 82.3 Å². The molecule has 0 atom stereocenters. The molecular formula is C26H22N2O3S2. The highest BCUT2D eigenvalue weighted by Gasteiger charge is 2.34. The van der Waals surface area contributed by atoms with Crippen molar-refractivity contribution in [2.24, 2.45) is 0 Å². The molecule has 2 aliphatic rings. The summed E-state index contributed by atoms with van der Waals surface area (Å²) in [6, 6.07) is 20.1. The highest BCUT2D eigenvalue weighted by atomic mass is 32.2. The van der Waals surface area contributed by atoms with Crippen molar-refractivity contribution in [2.75, 3.05) is 18.8 Å². The molecule has 166 valence electrons. The summed E-state index contributed by atoms with van der Waals surface area (Å²) in [5.41, 5.74) is 3.64. The van der Waals surface area contributed by atoms with Crippen LogP contribution < -0.4 is 5.32 Å². The van der Waals surface area contributed by atoms with Crippen molar-refractivity contribution in [1.29, 1.82) is 0 Å². The van der Waals surface area contributed by atoms with E-state index in [1.807, 2.05) is 30.3 Å². The van der Waals surface area contributed by atoms with Crippen LogP contribution in [0.3, 0.4) is 0 Å². The normalized spacial score (nSPS) is 16.2. The summed E-state index contributed by atoms with van der Waals surface area (Å²) >= 11 is 2.45. The Balaban J connectivity index is 1.14. The number of aryl methyl sites for hydroxylation is 2. The highest BCUT2D eigenvalue weighted by molar-refractivity contribution is 8.18.